The monoisotopic (exact) mass is 417 g/mol. The molecule has 0 spiro atoms. The maximum atomic E-state index is 5.05. The molecule has 0 radical (unpaired) electrons. The molecule has 1 fully saturated rings. The Morgan fingerprint density at radius 2 is 1.69 bits per heavy atom. The van der Waals surface area contributed by atoms with Gasteiger partial charge in [0.15, 0.2) is 0 Å². The van der Waals surface area contributed by atoms with Crippen LogP contribution >= 0.6 is 0 Å². The fourth-order valence-corrected chi connectivity index (χ4v) is 6.18. The van der Waals surface area contributed by atoms with Crippen molar-refractivity contribution in [3.63, 3.8) is 0 Å². The van der Waals surface area contributed by atoms with Crippen LogP contribution in [-0.4, -0.2) is 4.98 Å². The second-order valence-corrected chi connectivity index (χ2v) is 10.9. The minimum atomic E-state index is 0.455. The molecule has 2 aliphatic carbocycles. The summed E-state index contributed by atoms with van der Waals surface area (Å²) in [7, 11) is 0. The lowest BCUT2D eigenvalue weighted by Gasteiger charge is -2.19. The van der Waals surface area contributed by atoms with Gasteiger partial charge in [-0.2, -0.15) is 0 Å². The van der Waals surface area contributed by atoms with Crippen LogP contribution in [0.3, 0.4) is 0 Å². The smallest absolute Gasteiger partial charge is 0.0783 e. The zero-order valence-electron chi connectivity index (χ0n) is 19.6. The van der Waals surface area contributed by atoms with Gasteiger partial charge in [-0.05, 0) is 107 Å². The molecule has 0 amide bonds. The molecule has 1 heteroatoms. The van der Waals surface area contributed by atoms with E-state index in [1.807, 2.05) is 0 Å². The number of nitrogens with zero attached hydrogens (tertiary/aromatic N) is 1. The van der Waals surface area contributed by atoms with Crippen molar-refractivity contribution in [2.75, 3.05) is 0 Å². The number of hydrogen-bond acceptors (Lipinski definition) is 1. The van der Waals surface area contributed by atoms with E-state index < -0.39 is 0 Å². The highest BCUT2D eigenvalue weighted by atomic mass is 14.7. The van der Waals surface area contributed by atoms with Gasteiger partial charge in [0.1, 0.15) is 0 Å². The first kappa shape index (κ1) is 19.7. The fourth-order valence-electron chi connectivity index (χ4n) is 6.18. The summed E-state index contributed by atoms with van der Waals surface area (Å²) in [6.45, 7) is 9.24. The van der Waals surface area contributed by atoms with E-state index in [-0.39, 0.29) is 0 Å². The van der Waals surface area contributed by atoms with Crippen LogP contribution in [0, 0.1) is 19.3 Å². The molecule has 4 aromatic rings. The lowest BCUT2D eigenvalue weighted by molar-refractivity contribution is 0.376. The Bertz CT molecular complexity index is 1380. The van der Waals surface area contributed by atoms with Crippen LogP contribution in [0.2, 0.25) is 0 Å². The van der Waals surface area contributed by atoms with Crippen LogP contribution in [-0.2, 0) is 6.42 Å². The number of fused-ring (bicyclic) bond motifs is 4. The molecule has 3 aromatic carbocycles. The molecule has 1 atom stereocenters. The van der Waals surface area contributed by atoms with E-state index in [4.69, 9.17) is 4.98 Å². The number of aryl methyl sites for hydroxylation is 2. The first-order chi connectivity index (χ1) is 15.4. The Balaban J connectivity index is 1.56. The van der Waals surface area contributed by atoms with E-state index in [2.05, 4.69) is 88.5 Å². The highest BCUT2D eigenvalue weighted by Gasteiger charge is 2.32. The number of pyridine rings is 1. The maximum absolute atomic E-state index is 5.05. The zero-order chi connectivity index (χ0) is 22.0. The normalized spacial score (nSPS) is 18.7. The predicted molar refractivity (Wildman–Crippen MR) is 135 cm³/mol. The quantitative estimate of drug-likeness (QED) is 0.281. The maximum Gasteiger partial charge on any atom is 0.0783 e. The van der Waals surface area contributed by atoms with Crippen LogP contribution < -0.4 is 0 Å². The molecule has 0 bridgehead atoms. The van der Waals surface area contributed by atoms with E-state index >= 15 is 0 Å². The molecule has 1 saturated carbocycles. The van der Waals surface area contributed by atoms with Gasteiger partial charge in [0, 0.05) is 17.1 Å². The van der Waals surface area contributed by atoms with Crippen molar-refractivity contribution in [1.82, 2.24) is 4.98 Å². The van der Waals surface area contributed by atoms with Gasteiger partial charge >= 0.3 is 0 Å². The summed E-state index contributed by atoms with van der Waals surface area (Å²) in [6.07, 6.45) is 6.95. The molecule has 2 aliphatic rings. The van der Waals surface area contributed by atoms with Gasteiger partial charge in [-0.3, -0.25) is 4.98 Å². The summed E-state index contributed by atoms with van der Waals surface area (Å²) < 4.78 is 0. The van der Waals surface area contributed by atoms with Crippen molar-refractivity contribution in [1.29, 1.82) is 0 Å². The molecule has 1 nitrogen and oxygen atoms in total. The molecular weight excluding hydrogens is 386 g/mol. The third-order valence-electron chi connectivity index (χ3n) is 7.87. The Morgan fingerprint density at radius 1 is 0.875 bits per heavy atom. The average Bonchev–Trinajstić information content (AvgIpc) is 3.33. The van der Waals surface area contributed by atoms with Crippen molar-refractivity contribution < 1.29 is 0 Å². The number of benzene rings is 3. The van der Waals surface area contributed by atoms with Gasteiger partial charge in [0.05, 0.1) is 5.69 Å². The van der Waals surface area contributed by atoms with Crippen molar-refractivity contribution >= 4 is 10.8 Å². The van der Waals surface area contributed by atoms with Crippen LogP contribution in [0.5, 0.6) is 0 Å². The highest BCUT2D eigenvalue weighted by molar-refractivity contribution is 5.99. The minimum Gasteiger partial charge on any atom is -0.255 e. The van der Waals surface area contributed by atoms with Gasteiger partial charge < -0.3 is 0 Å². The van der Waals surface area contributed by atoms with Crippen molar-refractivity contribution in [2.45, 2.75) is 59.3 Å². The first-order valence-corrected chi connectivity index (χ1v) is 12.0. The first-order valence-electron chi connectivity index (χ1n) is 12.0. The number of hydrogen-bond donors (Lipinski definition) is 0. The predicted octanol–water partition coefficient (Wildman–Crippen LogP) is 8.38. The molecule has 6 rings (SSSR count). The molecule has 1 unspecified atom stereocenters. The summed E-state index contributed by atoms with van der Waals surface area (Å²) in [4.78, 5) is 5.05. The fraction of sp³-hybridized carbons (Fsp3) is 0.323. The van der Waals surface area contributed by atoms with Crippen LogP contribution in [0.4, 0.5) is 0 Å². The topological polar surface area (TPSA) is 12.9 Å². The molecule has 1 heterocycles. The Kier molecular flexibility index (Phi) is 4.34. The van der Waals surface area contributed by atoms with Gasteiger partial charge in [-0.15, -0.1) is 0 Å². The lowest BCUT2D eigenvalue weighted by atomic mass is 9.87. The van der Waals surface area contributed by atoms with E-state index in [0.29, 0.717) is 11.3 Å². The highest BCUT2D eigenvalue weighted by Crippen LogP contribution is 2.47. The molecule has 1 aromatic heterocycles. The number of rotatable bonds is 2. The van der Waals surface area contributed by atoms with Gasteiger partial charge in [0.2, 0.25) is 0 Å². The van der Waals surface area contributed by atoms with Crippen LogP contribution in [0.1, 0.15) is 66.8 Å². The number of aromatic nitrogens is 1. The molecule has 32 heavy (non-hydrogen) atoms. The van der Waals surface area contributed by atoms with Crippen LogP contribution in [0.25, 0.3) is 33.2 Å². The Hall–Kier alpha value is -2.93. The largest absolute Gasteiger partial charge is 0.255 e. The SMILES string of the molecule is Cc1cc2c(c(-c3ncc(C)c4ccc(C5CCC(C)(C)C5)cc34)c1)Cc1ccccc1-2. The average molecular weight is 418 g/mol. The Labute approximate surface area is 191 Å². The summed E-state index contributed by atoms with van der Waals surface area (Å²) >= 11 is 0. The van der Waals surface area contributed by atoms with E-state index in [1.54, 1.807) is 0 Å². The van der Waals surface area contributed by atoms with Crippen LogP contribution in [0.15, 0.2) is 60.8 Å². The Morgan fingerprint density at radius 3 is 2.50 bits per heavy atom. The minimum absolute atomic E-state index is 0.455. The van der Waals surface area contributed by atoms with Crippen molar-refractivity contribution in [3.8, 4) is 22.4 Å². The summed E-state index contributed by atoms with van der Waals surface area (Å²) in [5, 5.41) is 2.65. The summed E-state index contributed by atoms with van der Waals surface area (Å²) in [6, 6.07) is 20.8. The third-order valence-corrected chi connectivity index (χ3v) is 7.87. The lowest BCUT2D eigenvalue weighted by Crippen LogP contribution is -2.04. The summed E-state index contributed by atoms with van der Waals surface area (Å²) in [5.74, 6) is 0.662. The molecule has 160 valence electrons. The van der Waals surface area contributed by atoms with Crippen molar-refractivity contribution in [2.24, 2.45) is 5.41 Å². The van der Waals surface area contributed by atoms with E-state index in [0.717, 1.165) is 12.1 Å². The molecule has 0 N–H and O–H groups in total. The summed E-state index contributed by atoms with van der Waals surface area (Å²) in [5.41, 5.74) is 12.6. The standard InChI is InChI=1S/C31H31N/c1-19-13-26-25-8-6-5-7-22(25)16-27(26)28(14-19)30-29-15-21(23-11-12-31(3,4)17-23)9-10-24(29)20(2)18-32-30/h5-10,13-15,18,23H,11-12,16-17H2,1-4H3. The van der Waals surface area contributed by atoms with Crippen molar-refractivity contribution in [3.05, 3.63) is 88.6 Å². The zero-order valence-corrected chi connectivity index (χ0v) is 19.6. The van der Waals surface area contributed by atoms with E-state index in [9.17, 15) is 0 Å². The second kappa shape index (κ2) is 7.04. The van der Waals surface area contributed by atoms with Gasteiger partial charge in [-0.1, -0.05) is 56.3 Å². The molecule has 0 saturated heterocycles. The third kappa shape index (κ3) is 3.10. The van der Waals surface area contributed by atoms with E-state index in [1.165, 1.54) is 74.5 Å². The van der Waals surface area contributed by atoms with Gasteiger partial charge in [-0.25, -0.2) is 0 Å². The molecule has 0 aliphatic heterocycles. The van der Waals surface area contributed by atoms with Gasteiger partial charge in [0.25, 0.3) is 0 Å². The second-order valence-electron chi connectivity index (χ2n) is 10.9. The molecular formula is C31H31N.